The fourth-order valence-corrected chi connectivity index (χ4v) is 1.88. The van der Waals surface area contributed by atoms with Crippen molar-refractivity contribution in [2.75, 3.05) is 14.2 Å². The van der Waals surface area contributed by atoms with Gasteiger partial charge in [-0.05, 0) is 6.92 Å². The predicted molar refractivity (Wildman–Crippen MR) is 74.9 cm³/mol. The quantitative estimate of drug-likeness (QED) is 0.803. The van der Waals surface area contributed by atoms with Crippen molar-refractivity contribution in [2.24, 2.45) is 0 Å². The average molecular weight is 286 g/mol. The summed E-state index contributed by atoms with van der Waals surface area (Å²) in [6.07, 6.45) is 0. The van der Waals surface area contributed by atoms with E-state index in [2.05, 4.69) is 19.4 Å². The van der Waals surface area contributed by atoms with Crippen molar-refractivity contribution >= 4 is 11.9 Å². The van der Waals surface area contributed by atoms with Crippen molar-refractivity contribution in [3.63, 3.8) is 0 Å². The summed E-state index contributed by atoms with van der Waals surface area (Å²) in [5.41, 5.74) is 1.01. The fraction of sp³-hybridized carbons (Fsp3) is 0.200. The first-order chi connectivity index (χ1) is 10.1. The lowest BCUT2D eigenvalue weighted by Gasteiger charge is -2.10. The monoisotopic (exact) mass is 286 g/mol. The summed E-state index contributed by atoms with van der Waals surface area (Å²) in [4.78, 5) is 32.1. The number of rotatable bonds is 3. The van der Waals surface area contributed by atoms with E-state index in [1.807, 2.05) is 30.3 Å². The first-order valence-corrected chi connectivity index (χ1v) is 6.19. The normalized spacial score (nSPS) is 10.0. The highest BCUT2D eigenvalue weighted by Gasteiger charge is 2.25. The highest BCUT2D eigenvalue weighted by atomic mass is 16.5. The molecule has 108 valence electrons. The van der Waals surface area contributed by atoms with Crippen LogP contribution in [0, 0.1) is 6.92 Å². The summed E-state index contributed by atoms with van der Waals surface area (Å²) in [5, 5.41) is 0. The number of benzene rings is 1. The number of ether oxygens (including phenoxy) is 2. The van der Waals surface area contributed by atoms with E-state index in [1.54, 1.807) is 6.92 Å². The van der Waals surface area contributed by atoms with E-state index in [-0.39, 0.29) is 11.3 Å². The first kappa shape index (κ1) is 14.6. The lowest BCUT2D eigenvalue weighted by molar-refractivity contribution is 0.0548. The Kier molecular flexibility index (Phi) is 4.27. The predicted octanol–water partition coefficient (Wildman–Crippen LogP) is 2.03. The number of aryl methyl sites for hydroxylation is 1. The third kappa shape index (κ3) is 2.89. The smallest absolute Gasteiger partial charge is 0.357 e. The molecule has 6 heteroatoms. The zero-order valence-electron chi connectivity index (χ0n) is 11.9. The van der Waals surface area contributed by atoms with Crippen molar-refractivity contribution in [1.29, 1.82) is 0 Å². The topological polar surface area (TPSA) is 78.4 Å². The first-order valence-electron chi connectivity index (χ1n) is 6.19. The molecule has 2 rings (SSSR count). The van der Waals surface area contributed by atoms with Gasteiger partial charge in [-0.25, -0.2) is 19.6 Å². The Morgan fingerprint density at radius 1 is 0.952 bits per heavy atom. The zero-order valence-corrected chi connectivity index (χ0v) is 11.9. The Bertz CT molecular complexity index is 684. The molecular formula is C15H14N2O4. The molecule has 1 aromatic carbocycles. The molecule has 0 radical (unpaired) electrons. The maximum Gasteiger partial charge on any atom is 0.357 e. The molecule has 0 unspecified atom stereocenters. The second-order valence-electron chi connectivity index (χ2n) is 4.21. The van der Waals surface area contributed by atoms with Crippen molar-refractivity contribution in [3.05, 3.63) is 47.3 Å². The maximum absolute atomic E-state index is 11.9. The Morgan fingerprint density at radius 2 is 1.57 bits per heavy atom. The van der Waals surface area contributed by atoms with Crippen LogP contribution >= 0.6 is 0 Å². The van der Waals surface area contributed by atoms with Crippen LogP contribution in [0.5, 0.6) is 0 Å². The van der Waals surface area contributed by atoms with Crippen LogP contribution in [0.1, 0.15) is 26.5 Å². The number of esters is 2. The Morgan fingerprint density at radius 3 is 2.14 bits per heavy atom. The van der Waals surface area contributed by atoms with Crippen molar-refractivity contribution in [2.45, 2.75) is 6.92 Å². The number of nitrogens with zero attached hydrogens (tertiary/aromatic N) is 2. The Balaban J connectivity index is 2.66. The van der Waals surface area contributed by atoms with E-state index in [4.69, 9.17) is 0 Å². The maximum atomic E-state index is 11.9. The van der Waals surface area contributed by atoms with Gasteiger partial charge in [0.2, 0.25) is 0 Å². The van der Waals surface area contributed by atoms with Gasteiger partial charge >= 0.3 is 11.9 Å². The van der Waals surface area contributed by atoms with Crippen LogP contribution in [-0.2, 0) is 9.47 Å². The van der Waals surface area contributed by atoms with E-state index >= 15 is 0 Å². The molecule has 0 amide bonds. The second-order valence-corrected chi connectivity index (χ2v) is 4.21. The number of carbonyl (C=O) groups is 2. The molecule has 0 saturated heterocycles. The van der Waals surface area contributed by atoms with E-state index < -0.39 is 11.9 Å². The largest absolute Gasteiger partial charge is 0.465 e. The van der Waals surface area contributed by atoms with Crippen molar-refractivity contribution in [3.8, 4) is 11.4 Å². The number of methoxy groups -OCH3 is 2. The summed E-state index contributed by atoms with van der Waals surface area (Å²) < 4.78 is 9.35. The van der Waals surface area contributed by atoms with Crippen LogP contribution in [0.25, 0.3) is 11.4 Å². The molecule has 0 aliphatic rings. The number of carbonyl (C=O) groups excluding carboxylic acids is 2. The van der Waals surface area contributed by atoms with Crippen molar-refractivity contribution in [1.82, 2.24) is 9.97 Å². The Hall–Kier alpha value is -2.76. The van der Waals surface area contributed by atoms with Gasteiger partial charge in [0.1, 0.15) is 5.56 Å². The van der Waals surface area contributed by atoms with Crippen LogP contribution < -0.4 is 0 Å². The fourth-order valence-electron chi connectivity index (χ4n) is 1.88. The van der Waals surface area contributed by atoms with Gasteiger partial charge in [-0.1, -0.05) is 30.3 Å². The SMILES string of the molecule is COC(=O)c1nc(-c2ccccc2)nc(C)c1C(=O)OC. The lowest BCUT2D eigenvalue weighted by Crippen LogP contribution is -2.17. The molecule has 0 saturated carbocycles. The molecule has 0 aliphatic heterocycles. The van der Waals surface area contributed by atoms with Crippen LogP contribution in [0.3, 0.4) is 0 Å². The van der Waals surface area contributed by atoms with Gasteiger partial charge in [0.25, 0.3) is 0 Å². The molecule has 1 aromatic heterocycles. The third-order valence-electron chi connectivity index (χ3n) is 2.89. The standard InChI is InChI=1S/C15H14N2O4/c1-9-11(14(18)20-2)12(15(19)21-3)17-13(16-9)10-7-5-4-6-8-10/h4-8H,1-3H3. The minimum atomic E-state index is -0.710. The summed E-state index contributed by atoms with van der Waals surface area (Å²) in [6.45, 7) is 1.62. The van der Waals surface area contributed by atoms with Crippen LogP contribution in [-0.4, -0.2) is 36.1 Å². The van der Waals surface area contributed by atoms with E-state index in [9.17, 15) is 9.59 Å². The molecule has 0 fully saturated rings. The average Bonchev–Trinajstić information content (AvgIpc) is 2.53. The Labute approximate surface area is 121 Å². The molecule has 6 nitrogen and oxygen atoms in total. The van der Waals surface area contributed by atoms with E-state index in [1.165, 1.54) is 14.2 Å². The van der Waals surface area contributed by atoms with Gasteiger partial charge in [0.05, 0.1) is 19.9 Å². The van der Waals surface area contributed by atoms with Gasteiger partial charge < -0.3 is 9.47 Å². The molecule has 0 bridgehead atoms. The van der Waals surface area contributed by atoms with Crippen LogP contribution in [0.15, 0.2) is 30.3 Å². The third-order valence-corrected chi connectivity index (χ3v) is 2.89. The second kappa shape index (κ2) is 6.13. The summed E-state index contributed by atoms with van der Waals surface area (Å²) in [7, 11) is 2.46. The molecule has 2 aromatic rings. The summed E-state index contributed by atoms with van der Waals surface area (Å²) in [6, 6.07) is 9.15. The molecule has 0 aliphatic carbocycles. The summed E-state index contributed by atoms with van der Waals surface area (Å²) >= 11 is 0. The number of hydrogen-bond donors (Lipinski definition) is 0. The lowest BCUT2D eigenvalue weighted by atomic mass is 10.1. The molecular weight excluding hydrogens is 272 g/mol. The van der Waals surface area contributed by atoms with E-state index in [0.717, 1.165) is 5.56 Å². The van der Waals surface area contributed by atoms with Gasteiger partial charge in [-0.3, -0.25) is 0 Å². The highest BCUT2D eigenvalue weighted by Crippen LogP contribution is 2.20. The minimum Gasteiger partial charge on any atom is -0.465 e. The van der Waals surface area contributed by atoms with E-state index in [0.29, 0.717) is 11.5 Å². The van der Waals surface area contributed by atoms with Crippen molar-refractivity contribution < 1.29 is 19.1 Å². The van der Waals surface area contributed by atoms with Gasteiger partial charge in [-0.2, -0.15) is 0 Å². The number of hydrogen-bond acceptors (Lipinski definition) is 6. The molecule has 1 heterocycles. The molecule has 21 heavy (non-hydrogen) atoms. The van der Waals surface area contributed by atoms with Gasteiger partial charge in [0, 0.05) is 5.56 Å². The highest BCUT2D eigenvalue weighted by molar-refractivity contribution is 6.02. The molecule has 0 atom stereocenters. The molecule has 0 N–H and O–H groups in total. The van der Waals surface area contributed by atoms with Gasteiger partial charge in [-0.15, -0.1) is 0 Å². The number of aromatic nitrogens is 2. The minimum absolute atomic E-state index is 0.0176. The van der Waals surface area contributed by atoms with Crippen LogP contribution in [0.2, 0.25) is 0 Å². The van der Waals surface area contributed by atoms with Crippen LogP contribution in [0.4, 0.5) is 0 Å². The van der Waals surface area contributed by atoms with Gasteiger partial charge in [0.15, 0.2) is 11.5 Å². The summed E-state index contributed by atoms with van der Waals surface area (Å²) in [5.74, 6) is -1.04. The zero-order chi connectivity index (χ0) is 15.4. The molecule has 0 spiro atoms.